The number of aliphatic hydroxyl groups is 1. The van der Waals surface area contributed by atoms with E-state index in [0.717, 1.165) is 199 Å². The number of unbranched alkanes of at least 4 members (excludes halogenated alkanes) is 29. The van der Waals surface area contributed by atoms with Gasteiger partial charge in [-0.1, -0.05) is 283 Å². The summed E-state index contributed by atoms with van der Waals surface area (Å²) in [6.07, 6.45) is 88.4. The number of carbonyl (C=O) groups excluding carboxylic acids is 4. The third kappa shape index (κ3) is 77.4. The van der Waals surface area contributed by atoms with Gasteiger partial charge in [0.2, 0.25) is 0 Å². The summed E-state index contributed by atoms with van der Waals surface area (Å²) in [7, 11) is -9.98. The van der Waals surface area contributed by atoms with Gasteiger partial charge >= 0.3 is 39.5 Å². The molecule has 0 fully saturated rings. The summed E-state index contributed by atoms with van der Waals surface area (Å²) in [6, 6.07) is 0. The molecule has 0 saturated heterocycles. The summed E-state index contributed by atoms with van der Waals surface area (Å²) in [5, 5.41) is 10.7. The maximum absolute atomic E-state index is 13.1. The predicted octanol–water partition coefficient (Wildman–Crippen LogP) is 24.4. The number of carbonyl (C=O) groups is 4. The first-order valence-corrected chi connectivity index (χ1v) is 44.4. The van der Waals surface area contributed by atoms with Crippen LogP contribution in [0.5, 0.6) is 0 Å². The van der Waals surface area contributed by atoms with Crippen molar-refractivity contribution in [3.63, 3.8) is 0 Å². The number of phosphoric ester groups is 2. The highest BCUT2D eigenvalue weighted by Crippen LogP contribution is 2.45. The predicted molar refractivity (Wildman–Crippen MR) is 436 cm³/mol. The molecule has 0 bridgehead atoms. The lowest BCUT2D eigenvalue weighted by atomic mass is 10.1. The molecule has 106 heavy (non-hydrogen) atoms. The summed E-state index contributed by atoms with van der Waals surface area (Å²) in [4.78, 5) is 73.1. The number of hydrogen-bond donors (Lipinski definition) is 3. The van der Waals surface area contributed by atoms with Gasteiger partial charge in [-0.3, -0.25) is 37.3 Å². The fourth-order valence-electron chi connectivity index (χ4n) is 10.8. The zero-order valence-electron chi connectivity index (χ0n) is 66.6. The number of esters is 4. The normalized spacial score (nSPS) is 14.5. The van der Waals surface area contributed by atoms with Crippen LogP contribution in [-0.2, 0) is 65.4 Å². The Balaban J connectivity index is 5.42. The lowest BCUT2D eigenvalue weighted by Crippen LogP contribution is -2.30. The number of phosphoric acid groups is 2. The number of ether oxygens (including phenoxy) is 4. The summed E-state index contributed by atoms with van der Waals surface area (Å²) < 4.78 is 68.7. The van der Waals surface area contributed by atoms with Gasteiger partial charge in [-0.15, -0.1) is 0 Å². The van der Waals surface area contributed by atoms with E-state index in [-0.39, 0.29) is 25.7 Å². The third-order valence-electron chi connectivity index (χ3n) is 17.1. The van der Waals surface area contributed by atoms with Gasteiger partial charge in [0.05, 0.1) is 26.4 Å². The lowest BCUT2D eigenvalue weighted by Gasteiger charge is -2.21. The van der Waals surface area contributed by atoms with Gasteiger partial charge in [-0.2, -0.15) is 0 Å². The number of aliphatic hydroxyl groups excluding tert-OH is 1. The van der Waals surface area contributed by atoms with Crippen molar-refractivity contribution in [2.24, 2.45) is 0 Å². The number of rotatable bonds is 77. The molecule has 0 aromatic carbocycles. The minimum Gasteiger partial charge on any atom is -0.462 e. The van der Waals surface area contributed by atoms with Crippen molar-refractivity contribution in [2.45, 2.75) is 354 Å². The van der Waals surface area contributed by atoms with E-state index < -0.39 is 97.5 Å². The minimum atomic E-state index is -4.99. The first-order valence-electron chi connectivity index (χ1n) is 41.4. The summed E-state index contributed by atoms with van der Waals surface area (Å²) in [5.74, 6) is -2.24. The van der Waals surface area contributed by atoms with Crippen LogP contribution in [0.25, 0.3) is 0 Å². The zero-order chi connectivity index (χ0) is 77.4. The van der Waals surface area contributed by atoms with Crippen molar-refractivity contribution in [3.8, 4) is 0 Å². The monoisotopic (exact) mass is 1530 g/mol. The van der Waals surface area contributed by atoms with Crippen LogP contribution in [0, 0.1) is 0 Å². The van der Waals surface area contributed by atoms with Gasteiger partial charge in [0.15, 0.2) is 12.2 Å². The van der Waals surface area contributed by atoms with Crippen LogP contribution in [-0.4, -0.2) is 96.7 Å². The Hall–Kier alpha value is -4.80. The lowest BCUT2D eigenvalue weighted by molar-refractivity contribution is -0.161. The number of hydrogen-bond acceptors (Lipinski definition) is 15. The molecule has 0 aromatic rings. The summed E-state index contributed by atoms with van der Waals surface area (Å²) in [5.41, 5.74) is 0. The van der Waals surface area contributed by atoms with Crippen molar-refractivity contribution in [1.82, 2.24) is 0 Å². The molecule has 3 N–H and O–H groups in total. The highest BCUT2D eigenvalue weighted by atomic mass is 31.2. The fourth-order valence-corrected chi connectivity index (χ4v) is 12.4. The smallest absolute Gasteiger partial charge is 0.462 e. The minimum absolute atomic E-state index is 0.0737. The second-order valence-electron chi connectivity index (χ2n) is 27.3. The maximum atomic E-state index is 13.1. The quantitative estimate of drug-likeness (QED) is 0.0169. The van der Waals surface area contributed by atoms with Gasteiger partial charge < -0.3 is 33.8 Å². The molecule has 0 aliphatic rings. The van der Waals surface area contributed by atoms with E-state index >= 15 is 0 Å². The molecule has 0 amide bonds. The van der Waals surface area contributed by atoms with Crippen LogP contribution in [0.2, 0.25) is 0 Å². The second-order valence-corrected chi connectivity index (χ2v) is 30.2. The molecule has 0 aliphatic carbocycles. The average molecular weight is 1530 g/mol. The first kappa shape index (κ1) is 101. The van der Waals surface area contributed by atoms with Crippen LogP contribution in [0.15, 0.2) is 134 Å². The molecular weight excluding hydrogens is 1380 g/mol. The number of allylic oxidation sites excluding steroid dienone is 22. The van der Waals surface area contributed by atoms with Crippen LogP contribution in [0.3, 0.4) is 0 Å². The van der Waals surface area contributed by atoms with Crippen molar-refractivity contribution in [2.75, 3.05) is 39.6 Å². The Morgan fingerprint density at radius 3 is 0.792 bits per heavy atom. The molecule has 17 nitrogen and oxygen atoms in total. The Kier molecular flexibility index (Phi) is 74.8. The van der Waals surface area contributed by atoms with Gasteiger partial charge in [-0.25, -0.2) is 9.13 Å². The molecule has 5 unspecified atom stereocenters. The summed E-state index contributed by atoms with van der Waals surface area (Å²) in [6.45, 7) is 4.58. The van der Waals surface area contributed by atoms with Gasteiger partial charge in [-0.05, 0) is 161 Å². The standard InChI is InChI=1S/C87H148O17P2/c1-5-9-13-17-21-25-29-33-37-39-40-42-46-48-52-56-60-64-68-72-85(90)98-78-83(104-87(92)74-70-66-62-58-54-50-44-36-32-28-24-20-16-12-8-4)80-102-106(95,96)100-76-81(88)75-99-105(93,94)101-79-82(103-86(91)73-69-65-61-57-53-49-43-35-31-27-23-19-15-11-7-3)77-97-84(89)71-67-63-59-55-51-47-45-41-38-34-30-26-22-18-14-10-6-2/h9-10,13-14,21-23,25-27,33-38,40,42-44,48,52,81-83,88H,5-8,11-12,15-20,24,28-32,39,41,45-47,49-51,53-80H2,1-4H3,(H,93,94)(H,95,96)/b13-9-,14-10-,25-21-,26-22-,27-23-,37-33-,38-34-,42-40-,43-35-,44-36-,52-48-. The Morgan fingerprint density at radius 1 is 0.274 bits per heavy atom. The molecule has 0 aliphatic heterocycles. The van der Waals surface area contributed by atoms with Crippen LogP contribution >= 0.6 is 15.6 Å². The summed E-state index contributed by atoms with van der Waals surface area (Å²) >= 11 is 0. The van der Waals surface area contributed by atoms with E-state index in [0.29, 0.717) is 25.7 Å². The Labute approximate surface area is 644 Å². The zero-order valence-corrected chi connectivity index (χ0v) is 68.4. The van der Waals surface area contributed by atoms with E-state index in [9.17, 15) is 43.2 Å². The molecular formula is C87H148O17P2. The van der Waals surface area contributed by atoms with E-state index in [1.807, 2.05) is 0 Å². The van der Waals surface area contributed by atoms with Crippen LogP contribution in [0.1, 0.15) is 336 Å². The largest absolute Gasteiger partial charge is 0.472 e. The van der Waals surface area contributed by atoms with Crippen molar-refractivity contribution in [3.05, 3.63) is 134 Å². The molecule has 19 heteroatoms. The van der Waals surface area contributed by atoms with Crippen molar-refractivity contribution in [1.29, 1.82) is 0 Å². The van der Waals surface area contributed by atoms with E-state index in [1.165, 1.54) is 57.8 Å². The molecule has 0 radical (unpaired) electrons. The molecule has 0 heterocycles. The van der Waals surface area contributed by atoms with Gasteiger partial charge in [0.25, 0.3) is 0 Å². The van der Waals surface area contributed by atoms with Gasteiger partial charge in [0.1, 0.15) is 19.3 Å². The third-order valence-corrected chi connectivity index (χ3v) is 19.0. The molecule has 0 saturated carbocycles. The fraction of sp³-hybridized carbons (Fsp3) is 0.701. The van der Waals surface area contributed by atoms with Crippen molar-refractivity contribution >= 4 is 39.5 Å². The highest BCUT2D eigenvalue weighted by Gasteiger charge is 2.30. The second kappa shape index (κ2) is 78.3. The molecule has 5 atom stereocenters. The Bertz CT molecular complexity index is 2530. The molecule has 0 aromatic heterocycles. The topological polar surface area (TPSA) is 237 Å². The first-order chi connectivity index (χ1) is 51.7. The van der Waals surface area contributed by atoms with E-state index in [1.54, 1.807) is 0 Å². The van der Waals surface area contributed by atoms with E-state index in [4.69, 9.17) is 37.0 Å². The molecule has 608 valence electrons. The SMILES string of the molecule is CC/C=C\C/C=C\C/C=C\C/C=C\C/C=C\CCCCCC(=O)OCC(COP(=O)(O)OCC(O)COP(=O)(O)OCC(COC(=O)CCCCCCCCC/C=C\C/C=C\C/C=C\CC)OC(=O)CCCCCCC/C=C\C/C=C\CCCCC)OC(=O)CCCCCCC/C=C\CCCCCCCC. The molecule has 0 spiro atoms. The maximum Gasteiger partial charge on any atom is 0.472 e. The van der Waals surface area contributed by atoms with Gasteiger partial charge in [0, 0.05) is 25.7 Å². The van der Waals surface area contributed by atoms with Crippen LogP contribution in [0.4, 0.5) is 0 Å². The average Bonchev–Trinajstić information content (AvgIpc) is 0.909. The Morgan fingerprint density at radius 2 is 0.491 bits per heavy atom. The van der Waals surface area contributed by atoms with E-state index in [2.05, 4.69) is 161 Å². The highest BCUT2D eigenvalue weighted by molar-refractivity contribution is 7.47. The van der Waals surface area contributed by atoms with Crippen molar-refractivity contribution < 1.29 is 80.2 Å². The molecule has 0 rings (SSSR count). The van der Waals surface area contributed by atoms with Crippen LogP contribution < -0.4 is 0 Å².